The van der Waals surface area contributed by atoms with E-state index in [1.54, 1.807) is 0 Å². The van der Waals surface area contributed by atoms with Crippen molar-refractivity contribution in [1.29, 1.82) is 0 Å². The average Bonchev–Trinajstić information content (AvgIpc) is 2.09. The van der Waals surface area contributed by atoms with Gasteiger partial charge in [0.15, 0.2) is 0 Å². The van der Waals surface area contributed by atoms with Gasteiger partial charge in [0.1, 0.15) is 10.7 Å². The van der Waals surface area contributed by atoms with Crippen molar-refractivity contribution < 1.29 is 9.59 Å². The Hall–Kier alpha value is -1.43. The first-order valence-corrected chi connectivity index (χ1v) is 4.13. The summed E-state index contributed by atoms with van der Waals surface area (Å²) < 4.78 is 0.551. The Morgan fingerprint density at radius 1 is 1.08 bits per heavy atom. The molecule has 0 atom stereocenters. The van der Waals surface area contributed by atoms with Crippen LogP contribution < -0.4 is 10.7 Å². The fraction of sp³-hybridized carbons (Fsp3) is 0. The molecule has 0 N–H and O–H groups in total. The molecule has 2 heterocycles. The Bertz CT molecular complexity index is 523. The lowest BCUT2D eigenvalue weighted by atomic mass is 10.4. The van der Waals surface area contributed by atoms with Crippen LogP contribution in [0.5, 0.6) is 0 Å². The van der Waals surface area contributed by atoms with Gasteiger partial charge in [-0.05, 0) is 15.9 Å². The molecule has 0 saturated heterocycles. The van der Waals surface area contributed by atoms with Crippen LogP contribution in [0.15, 0.2) is 26.9 Å². The third kappa shape index (κ3) is 1.29. The van der Waals surface area contributed by atoms with Gasteiger partial charge >= 0.3 is 11.8 Å². The second kappa shape index (κ2) is 2.81. The standard InChI is InChI=1S/C7H2BrN3O2/c8-3-1-9-2-4-5(3)11-7(13)6(12)10-4/h1-2H. The molecule has 1 aromatic heterocycles. The van der Waals surface area contributed by atoms with E-state index < -0.39 is 11.8 Å². The maximum Gasteiger partial charge on any atom is 0.338 e. The van der Waals surface area contributed by atoms with Crippen molar-refractivity contribution in [1.82, 2.24) is 4.98 Å². The largest absolute Gasteiger partial charge is 0.338 e. The molecule has 2 rings (SSSR count). The third-order valence-electron chi connectivity index (χ3n) is 1.47. The molecule has 6 heteroatoms. The van der Waals surface area contributed by atoms with Crippen molar-refractivity contribution in [3.8, 4) is 0 Å². The molecule has 5 nitrogen and oxygen atoms in total. The zero-order valence-electron chi connectivity index (χ0n) is 6.19. The maximum atomic E-state index is 10.9. The van der Waals surface area contributed by atoms with Crippen LogP contribution in [-0.4, -0.2) is 16.8 Å². The summed E-state index contributed by atoms with van der Waals surface area (Å²) in [7, 11) is 0. The molecule has 64 valence electrons. The molecule has 0 aliphatic carbocycles. The van der Waals surface area contributed by atoms with Gasteiger partial charge in [-0.3, -0.25) is 14.6 Å². The first-order valence-electron chi connectivity index (χ1n) is 3.34. The van der Waals surface area contributed by atoms with Gasteiger partial charge in [-0.15, -0.1) is 0 Å². The highest BCUT2D eigenvalue weighted by Gasteiger charge is 2.15. The van der Waals surface area contributed by atoms with E-state index >= 15 is 0 Å². The summed E-state index contributed by atoms with van der Waals surface area (Å²) in [5, 5.41) is 0.679. The number of carbonyl (C=O) groups is 2. The predicted octanol–water partition coefficient (Wildman–Crippen LogP) is -0.850. The molecule has 2 amide bonds. The SMILES string of the molecule is O=C1N=c2cncc(Br)c2=NC1=O. The van der Waals surface area contributed by atoms with E-state index in [0.717, 1.165) is 0 Å². The Kier molecular flexibility index (Phi) is 1.77. The highest BCUT2D eigenvalue weighted by molar-refractivity contribution is 9.10. The Labute approximate surface area is 80.4 Å². The summed E-state index contributed by atoms with van der Waals surface area (Å²) in [4.78, 5) is 32.5. The third-order valence-corrected chi connectivity index (χ3v) is 2.05. The number of aromatic nitrogens is 1. The van der Waals surface area contributed by atoms with Gasteiger partial charge in [0, 0.05) is 6.20 Å². The molecule has 13 heavy (non-hydrogen) atoms. The monoisotopic (exact) mass is 239 g/mol. The normalized spacial score (nSPS) is 14.5. The number of amides is 2. The minimum absolute atomic E-state index is 0.318. The average molecular weight is 240 g/mol. The maximum absolute atomic E-state index is 10.9. The summed E-state index contributed by atoms with van der Waals surface area (Å²) >= 11 is 3.15. The van der Waals surface area contributed by atoms with Crippen molar-refractivity contribution in [3.05, 3.63) is 27.6 Å². The summed E-state index contributed by atoms with van der Waals surface area (Å²) in [5.74, 6) is -1.70. The zero-order chi connectivity index (χ0) is 9.42. The number of halogens is 1. The minimum Gasteiger partial charge on any atom is -0.261 e. The fourth-order valence-corrected chi connectivity index (χ4v) is 1.33. The van der Waals surface area contributed by atoms with Crippen molar-refractivity contribution in [2.45, 2.75) is 0 Å². The molecule has 0 fully saturated rings. The van der Waals surface area contributed by atoms with Gasteiger partial charge in [0.2, 0.25) is 0 Å². The van der Waals surface area contributed by atoms with E-state index in [0.29, 0.717) is 15.2 Å². The van der Waals surface area contributed by atoms with Gasteiger partial charge in [-0.25, -0.2) is 9.98 Å². The summed E-state index contributed by atoms with van der Waals surface area (Å²) in [6.07, 6.45) is 2.87. The zero-order valence-corrected chi connectivity index (χ0v) is 7.78. The first-order chi connectivity index (χ1) is 6.18. The van der Waals surface area contributed by atoms with Crippen LogP contribution in [0.1, 0.15) is 0 Å². The van der Waals surface area contributed by atoms with E-state index in [1.807, 2.05) is 0 Å². The van der Waals surface area contributed by atoms with Crippen molar-refractivity contribution in [2.24, 2.45) is 9.98 Å². The summed E-state index contributed by atoms with van der Waals surface area (Å²) in [5.41, 5.74) is 0. The number of rotatable bonds is 0. The van der Waals surface area contributed by atoms with Crippen LogP contribution in [0.4, 0.5) is 0 Å². The highest BCUT2D eigenvalue weighted by Crippen LogP contribution is 1.97. The van der Waals surface area contributed by atoms with E-state index in [9.17, 15) is 9.59 Å². The first kappa shape index (κ1) is 8.18. The molecule has 0 bridgehead atoms. The number of fused-ring (bicyclic) bond motifs is 1. The number of carbonyl (C=O) groups excluding carboxylic acids is 2. The lowest BCUT2D eigenvalue weighted by Gasteiger charge is -1.96. The quantitative estimate of drug-likeness (QED) is 0.554. The molecule has 1 aromatic rings. The second-order valence-corrected chi connectivity index (χ2v) is 3.18. The van der Waals surface area contributed by atoms with E-state index in [1.165, 1.54) is 12.4 Å². The van der Waals surface area contributed by atoms with Crippen LogP contribution in [0.2, 0.25) is 0 Å². The Morgan fingerprint density at radius 2 is 1.77 bits per heavy atom. The highest BCUT2D eigenvalue weighted by atomic mass is 79.9. The topological polar surface area (TPSA) is 71.8 Å². The molecule has 1 aliphatic heterocycles. The second-order valence-electron chi connectivity index (χ2n) is 2.32. The predicted molar refractivity (Wildman–Crippen MR) is 44.3 cm³/mol. The van der Waals surface area contributed by atoms with E-state index in [-0.39, 0.29) is 0 Å². The summed E-state index contributed by atoms with van der Waals surface area (Å²) in [6, 6.07) is 0. The number of pyridine rings is 1. The Morgan fingerprint density at radius 3 is 2.54 bits per heavy atom. The number of hydrogen-bond acceptors (Lipinski definition) is 3. The van der Waals surface area contributed by atoms with Crippen molar-refractivity contribution in [2.75, 3.05) is 0 Å². The van der Waals surface area contributed by atoms with Gasteiger partial charge in [-0.1, -0.05) is 0 Å². The molecule has 1 aliphatic rings. The van der Waals surface area contributed by atoms with Crippen LogP contribution >= 0.6 is 15.9 Å². The van der Waals surface area contributed by atoms with Gasteiger partial charge in [0.25, 0.3) is 0 Å². The molecular formula is C7H2BrN3O2. The van der Waals surface area contributed by atoms with Gasteiger partial charge < -0.3 is 0 Å². The van der Waals surface area contributed by atoms with E-state index in [4.69, 9.17) is 0 Å². The Balaban J connectivity index is 2.92. The lowest BCUT2D eigenvalue weighted by molar-refractivity contribution is -0.135. The molecule has 0 unspecified atom stereocenters. The van der Waals surface area contributed by atoms with Crippen molar-refractivity contribution >= 4 is 27.7 Å². The fourth-order valence-electron chi connectivity index (χ4n) is 0.917. The van der Waals surface area contributed by atoms with Crippen LogP contribution in [0.3, 0.4) is 0 Å². The van der Waals surface area contributed by atoms with Crippen LogP contribution in [0.25, 0.3) is 0 Å². The molecular weight excluding hydrogens is 238 g/mol. The molecule has 0 spiro atoms. The molecule has 0 radical (unpaired) electrons. The smallest absolute Gasteiger partial charge is 0.261 e. The number of nitrogens with zero attached hydrogens (tertiary/aromatic N) is 3. The van der Waals surface area contributed by atoms with Crippen molar-refractivity contribution in [3.63, 3.8) is 0 Å². The van der Waals surface area contributed by atoms with Crippen LogP contribution in [0, 0.1) is 0 Å². The molecule has 0 saturated carbocycles. The molecule has 0 aromatic carbocycles. The van der Waals surface area contributed by atoms with Crippen LogP contribution in [-0.2, 0) is 9.59 Å². The van der Waals surface area contributed by atoms with Gasteiger partial charge in [-0.2, -0.15) is 0 Å². The number of hydrogen-bond donors (Lipinski definition) is 0. The lowest BCUT2D eigenvalue weighted by Crippen LogP contribution is -2.35. The minimum atomic E-state index is -0.854. The van der Waals surface area contributed by atoms with Gasteiger partial charge in [0.05, 0.1) is 10.7 Å². The summed E-state index contributed by atoms with van der Waals surface area (Å²) in [6.45, 7) is 0. The van der Waals surface area contributed by atoms with E-state index in [2.05, 4.69) is 30.9 Å².